The molecule has 0 bridgehead atoms. The maximum atomic E-state index is 10.8. The van der Waals surface area contributed by atoms with Gasteiger partial charge in [-0.15, -0.1) is 0 Å². The molecule has 0 aromatic carbocycles. The van der Waals surface area contributed by atoms with Crippen LogP contribution in [0.15, 0.2) is 0 Å². The van der Waals surface area contributed by atoms with E-state index in [9.17, 15) is 4.79 Å². The van der Waals surface area contributed by atoms with E-state index in [4.69, 9.17) is 5.73 Å². The summed E-state index contributed by atoms with van der Waals surface area (Å²) in [5.74, 6) is 0.420. The summed E-state index contributed by atoms with van der Waals surface area (Å²) in [6.07, 6.45) is 6.75. The van der Waals surface area contributed by atoms with Crippen molar-refractivity contribution in [3.8, 4) is 0 Å². The largest absolute Gasteiger partial charge is 0.370 e. The first-order chi connectivity index (χ1) is 5.99. The van der Waals surface area contributed by atoms with Gasteiger partial charge in [0.25, 0.3) is 0 Å². The van der Waals surface area contributed by atoms with Crippen LogP contribution in [0.3, 0.4) is 0 Å². The number of hydrogen-bond acceptors (Lipinski definition) is 1. The fourth-order valence-corrected chi connectivity index (χ4v) is 2.22. The lowest BCUT2D eigenvalue weighted by Gasteiger charge is -2.21. The van der Waals surface area contributed by atoms with Gasteiger partial charge in [0.05, 0.1) is 0 Å². The van der Waals surface area contributed by atoms with Gasteiger partial charge in [-0.1, -0.05) is 20.3 Å². The van der Waals surface area contributed by atoms with Crippen molar-refractivity contribution in [1.29, 1.82) is 0 Å². The second kappa shape index (κ2) is 4.12. The van der Waals surface area contributed by atoms with Crippen LogP contribution in [-0.4, -0.2) is 5.91 Å². The van der Waals surface area contributed by atoms with Gasteiger partial charge in [-0.25, -0.2) is 0 Å². The molecule has 76 valence electrons. The number of carbonyl (C=O) groups is 1. The van der Waals surface area contributed by atoms with Crippen LogP contribution in [0.25, 0.3) is 0 Å². The Labute approximate surface area is 80.9 Å². The van der Waals surface area contributed by atoms with E-state index >= 15 is 0 Å². The molecule has 1 rings (SSSR count). The van der Waals surface area contributed by atoms with Crippen LogP contribution in [0.2, 0.25) is 0 Å². The second-order valence-corrected chi connectivity index (χ2v) is 5.13. The normalized spacial score (nSPS) is 28.0. The van der Waals surface area contributed by atoms with Crippen LogP contribution in [-0.2, 0) is 4.79 Å². The highest BCUT2D eigenvalue weighted by Crippen LogP contribution is 2.36. The fourth-order valence-electron chi connectivity index (χ4n) is 2.22. The Hall–Kier alpha value is -0.530. The van der Waals surface area contributed by atoms with E-state index in [1.807, 2.05) is 0 Å². The van der Waals surface area contributed by atoms with Crippen molar-refractivity contribution in [3.05, 3.63) is 0 Å². The molecule has 0 aromatic rings. The summed E-state index contributed by atoms with van der Waals surface area (Å²) in [6, 6.07) is 0. The van der Waals surface area contributed by atoms with E-state index in [-0.39, 0.29) is 5.91 Å². The van der Waals surface area contributed by atoms with Gasteiger partial charge in [0.15, 0.2) is 0 Å². The van der Waals surface area contributed by atoms with Gasteiger partial charge in [-0.2, -0.15) is 0 Å². The molecule has 0 aromatic heterocycles. The summed E-state index contributed by atoms with van der Waals surface area (Å²) in [6.45, 7) is 4.64. The molecular weight excluding hydrogens is 162 g/mol. The summed E-state index contributed by atoms with van der Waals surface area (Å²) in [5.41, 5.74) is 5.68. The maximum absolute atomic E-state index is 10.8. The zero-order chi connectivity index (χ0) is 9.90. The van der Waals surface area contributed by atoms with Crippen molar-refractivity contribution in [1.82, 2.24) is 0 Å². The van der Waals surface area contributed by atoms with Crippen molar-refractivity contribution in [3.63, 3.8) is 0 Å². The molecule has 0 aliphatic heterocycles. The van der Waals surface area contributed by atoms with Crippen LogP contribution in [0.4, 0.5) is 0 Å². The predicted octanol–water partition coefficient (Wildman–Crippen LogP) is 2.47. The first-order valence-electron chi connectivity index (χ1n) is 5.28. The molecule has 1 aliphatic rings. The van der Waals surface area contributed by atoms with Gasteiger partial charge < -0.3 is 5.73 Å². The quantitative estimate of drug-likeness (QED) is 0.657. The molecule has 0 heterocycles. The highest BCUT2D eigenvalue weighted by atomic mass is 16.1. The third-order valence-electron chi connectivity index (χ3n) is 3.19. The van der Waals surface area contributed by atoms with Crippen LogP contribution in [0.1, 0.15) is 52.4 Å². The van der Waals surface area contributed by atoms with Crippen molar-refractivity contribution in [2.24, 2.45) is 17.1 Å². The highest BCUT2D eigenvalue weighted by molar-refractivity contribution is 5.73. The van der Waals surface area contributed by atoms with Crippen LogP contribution >= 0.6 is 0 Å². The molecule has 0 radical (unpaired) electrons. The minimum absolute atomic E-state index is 0.135. The van der Waals surface area contributed by atoms with Crippen LogP contribution in [0.5, 0.6) is 0 Å². The lowest BCUT2D eigenvalue weighted by molar-refractivity contribution is -0.119. The molecule has 1 aliphatic carbocycles. The number of hydrogen-bond donors (Lipinski definition) is 1. The maximum Gasteiger partial charge on any atom is 0.217 e. The number of rotatable bonds is 2. The molecule has 1 unspecified atom stereocenters. The summed E-state index contributed by atoms with van der Waals surface area (Å²) in [4.78, 5) is 10.8. The monoisotopic (exact) mass is 183 g/mol. The Kier molecular flexibility index (Phi) is 3.34. The van der Waals surface area contributed by atoms with E-state index in [0.29, 0.717) is 17.8 Å². The molecule has 0 saturated heterocycles. The highest BCUT2D eigenvalue weighted by Gasteiger charge is 2.24. The molecule has 2 N–H and O–H groups in total. The van der Waals surface area contributed by atoms with Crippen molar-refractivity contribution < 1.29 is 4.79 Å². The number of amides is 1. The Morgan fingerprint density at radius 1 is 1.38 bits per heavy atom. The first kappa shape index (κ1) is 10.6. The topological polar surface area (TPSA) is 43.1 Å². The number of nitrogens with two attached hydrogens (primary N) is 1. The average Bonchev–Trinajstić information content (AvgIpc) is 2.12. The SMILES string of the molecule is CC1(C)CCCC(CC(N)=O)CC1. The Bertz CT molecular complexity index is 187. The predicted molar refractivity (Wildman–Crippen MR) is 54.2 cm³/mol. The van der Waals surface area contributed by atoms with Crippen molar-refractivity contribution in [2.45, 2.75) is 52.4 Å². The lowest BCUT2D eigenvalue weighted by Crippen LogP contribution is -2.16. The molecule has 1 fully saturated rings. The third kappa shape index (κ3) is 3.79. The molecule has 1 atom stereocenters. The summed E-state index contributed by atoms with van der Waals surface area (Å²) >= 11 is 0. The zero-order valence-corrected chi connectivity index (χ0v) is 8.81. The van der Waals surface area contributed by atoms with E-state index in [0.717, 1.165) is 0 Å². The Balaban J connectivity index is 2.40. The minimum atomic E-state index is -0.135. The van der Waals surface area contributed by atoms with E-state index in [1.165, 1.54) is 32.1 Å². The number of primary amides is 1. The first-order valence-corrected chi connectivity index (χ1v) is 5.28. The second-order valence-electron chi connectivity index (χ2n) is 5.13. The molecule has 1 saturated carbocycles. The molecular formula is C11H21NO. The van der Waals surface area contributed by atoms with Gasteiger partial charge in [0.1, 0.15) is 0 Å². The molecule has 13 heavy (non-hydrogen) atoms. The number of carbonyl (C=O) groups excluding carboxylic acids is 1. The minimum Gasteiger partial charge on any atom is -0.370 e. The van der Waals surface area contributed by atoms with Crippen molar-refractivity contribution >= 4 is 5.91 Å². The molecule has 2 heteroatoms. The Morgan fingerprint density at radius 3 is 2.69 bits per heavy atom. The smallest absolute Gasteiger partial charge is 0.217 e. The van der Waals surface area contributed by atoms with Gasteiger partial charge in [-0.05, 0) is 37.0 Å². The summed E-state index contributed by atoms with van der Waals surface area (Å²) in [7, 11) is 0. The Morgan fingerprint density at radius 2 is 2.08 bits per heavy atom. The average molecular weight is 183 g/mol. The van der Waals surface area contributed by atoms with E-state index in [2.05, 4.69) is 13.8 Å². The molecule has 2 nitrogen and oxygen atoms in total. The van der Waals surface area contributed by atoms with Crippen molar-refractivity contribution in [2.75, 3.05) is 0 Å². The third-order valence-corrected chi connectivity index (χ3v) is 3.19. The van der Waals surface area contributed by atoms with Crippen LogP contribution < -0.4 is 5.73 Å². The van der Waals surface area contributed by atoms with Gasteiger partial charge in [0, 0.05) is 6.42 Å². The standard InChI is InChI=1S/C11H21NO/c1-11(2)6-3-4-9(5-7-11)8-10(12)13/h9H,3-8H2,1-2H3,(H2,12,13). The fraction of sp³-hybridized carbons (Fsp3) is 0.909. The van der Waals surface area contributed by atoms with Gasteiger partial charge >= 0.3 is 0 Å². The molecule has 1 amide bonds. The van der Waals surface area contributed by atoms with E-state index in [1.54, 1.807) is 0 Å². The summed E-state index contributed by atoms with van der Waals surface area (Å²) < 4.78 is 0. The lowest BCUT2D eigenvalue weighted by atomic mass is 9.84. The summed E-state index contributed by atoms with van der Waals surface area (Å²) in [5, 5.41) is 0. The zero-order valence-electron chi connectivity index (χ0n) is 8.81. The molecule has 0 spiro atoms. The van der Waals surface area contributed by atoms with Gasteiger partial charge in [-0.3, -0.25) is 4.79 Å². The van der Waals surface area contributed by atoms with Crippen LogP contribution in [0, 0.1) is 11.3 Å². The van der Waals surface area contributed by atoms with E-state index < -0.39 is 0 Å². The van der Waals surface area contributed by atoms with Gasteiger partial charge in [0.2, 0.25) is 5.91 Å².